The number of likely N-dealkylation sites (tertiary alicyclic amines) is 1. The Labute approximate surface area is 97.3 Å². The number of carbonyl (C=O) groups excluding carboxylic acids is 1. The number of nitrogens with one attached hydrogen (secondary N) is 1. The van der Waals surface area contributed by atoms with Crippen molar-refractivity contribution in [3.05, 3.63) is 0 Å². The van der Waals surface area contributed by atoms with Gasteiger partial charge in [-0.15, -0.1) is 0 Å². The van der Waals surface area contributed by atoms with Crippen molar-refractivity contribution in [2.45, 2.75) is 38.8 Å². The van der Waals surface area contributed by atoms with Crippen LogP contribution in [0, 0.1) is 5.92 Å². The SMILES string of the molecule is CC(C)C(=O)N1CCC(NC2CCOC2)C1. The Morgan fingerprint density at radius 3 is 2.81 bits per heavy atom. The molecule has 1 N–H and O–H groups in total. The molecule has 92 valence electrons. The third-order valence-corrected chi connectivity index (χ3v) is 3.39. The molecule has 16 heavy (non-hydrogen) atoms. The van der Waals surface area contributed by atoms with Crippen molar-refractivity contribution >= 4 is 5.91 Å². The van der Waals surface area contributed by atoms with E-state index in [1.807, 2.05) is 18.7 Å². The van der Waals surface area contributed by atoms with E-state index in [1.165, 1.54) is 0 Å². The second-order valence-corrected chi connectivity index (χ2v) is 5.15. The van der Waals surface area contributed by atoms with E-state index in [-0.39, 0.29) is 11.8 Å². The fraction of sp³-hybridized carbons (Fsp3) is 0.917. The van der Waals surface area contributed by atoms with E-state index in [4.69, 9.17) is 4.74 Å². The zero-order valence-electron chi connectivity index (χ0n) is 10.2. The number of carbonyl (C=O) groups is 1. The molecular weight excluding hydrogens is 204 g/mol. The van der Waals surface area contributed by atoms with E-state index in [9.17, 15) is 4.79 Å². The predicted molar refractivity (Wildman–Crippen MR) is 62.2 cm³/mol. The maximum Gasteiger partial charge on any atom is 0.225 e. The maximum atomic E-state index is 11.8. The second-order valence-electron chi connectivity index (χ2n) is 5.15. The highest BCUT2D eigenvalue weighted by atomic mass is 16.5. The van der Waals surface area contributed by atoms with Crippen LogP contribution in [0.25, 0.3) is 0 Å². The monoisotopic (exact) mass is 226 g/mol. The van der Waals surface area contributed by atoms with Gasteiger partial charge in [-0.2, -0.15) is 0 Å². The lowest BCUT2D eigenvalue weighted by molar-refractivity contribution is -0.133. The van der Waals surface area contributed by atoms with E-state index in [0.29, 0.717) is 12.1 Å². The van der Waals surface area contributed by atoms with Crippen molar-refractivity contribution in [1.29, 1.82) is 0 Å². The average Bonchev–Trinajstić information content (AvgIpc) is 2.88. The van der Waals surface area contributed by atoms with Gasteiger partial charge in [0.1, 0.15) is 0 Å². The lowest BCUT2D eigenvalue weighted by Crippen LogP contribution is -2.41. The molecular formula is C12H22N2O2. The number of hydrogen-bond donors (Lipinski definition) is 1. The first-order valence-electron chi connectivity index (χ1n) is 6.29. The molecule has 0 saturated carbocycles. The highest BCUT2D eigenvalue weighted by Gasteiger charge is 2.29. The number of rotatable bonds is 3. The van der Waals surface area contributed by atoms with Crippen molar-refractivity contribution in [3.63, 3.8) is 0 Å². The molecule has 0 radical (unpaired) electrons. The maximum absolute atomic E-state index is 11.8. The minimum absolute atomic E-state index is 0.119. The summed E-state index contributed by atoms with van der Waals surface area (Å²) in [6, 6.07) is 0.966. The fourth-order valence-corrected chi connectivity index (χ4v) is 2.46. The van der Waals surface area contributed by atoms with E-state index >= 15 is 0 Å². The molecule has 0 aliphatic carbocycles. The van der Waals surface area contributed by atoms with Crippen LogP contribution < -0.4 is 5.32 Å². The third-order valence-electron chi connectivity index (χ3n) is 3.39. The Morgan fingerprint density at radius 2 is 2.19 bits per heavy atom. The van der Waals surface area contributed by atoms with Gasteiger partial charge in [0.15, 0.2) is 0 Å². The normalized spacial score (nSPS) is 30.3. The van der Waals surface area contributed by atoms with Crippen LogP contribution >= 0.6 is 0 Å². The Hall–Kier alpha value is -0.610. The van der Waals surface area contributed by atoms with Gasteiger partial charge in [-0.3, -0.25) is 4.79 Å². The first-order chi connectivity index (χ1) is 7.66. The molecule has 0 spiro atoms. The number of amides is 1. The van der Waals surface area contributed by atoms with Gasteiger partial charge in [0.05, 0.1) is 6.61 Å². The molecule has 2 fully saturated rings. The molecule has 2 saturated heterocycles. The van der Waals surface area contributed by atoms with Crippen molar-refractivity contribution < 1.29 is 9.53 Å². The van der Waals surface area contributed by atoms with Crippen molar-refractivity contribution in [2.75, 3.05) is 26.3 Å². The number of nitrogens with zero attached hydrogens (tertiary/aromatic N) is 1. The zero-order chi connectivity index (χ0) is 11.5. The van der Waals surface area contributed by atoms with Crippen LogP contribution in [0.2, 0.25) is 0 Å². The predicted octanol–water partition coefficient (Wildman–Crippen LogP) is 0.622. The quantitative estimate of drug-likeness (QED) is 0.767. The van der Waals surface area contributed by atoms with Gasteiger partial charge in [0.2, 0.25) is 5.91 Å². The van der Waals surface area contributed by atoms with Gasteiger partial charge in [0, 0.05) is 37.7 Å². The molecule has 2 heterocycles. The molecule has 2 aliphatic rings. The number of hydrogen-bond acceptors (Lipinski definition) is 3. The van der Waals surface area contributed by atoms with Crippen LogP contribution in [0.15, 0.2) is 0 Å². The molecule has 2 rings (SSSR count). The molecule has 0 aromatic heterocycles. The van der Waals surface area contributed by atoms with E-state index in [2.05, 4.69) is 5.32 Å². The van der Waals surface area contributed by atoms with Crippen LogP contribution in [-0.2, 0) is 9.53 Å². The van der Waals surface area contributed by atoms with Crippen molar-refractivity contribution in [2.24, 2.45) is 5.92 Å². The van der Waals surface area contributed by atoms with Gasteiger partial charge in [0.25, 0.3) is 0 Å². The summed E-state index contributed by atoms with van der Waals surface area (Å²) in [7, 11) is 0. The summed E-state index contributed by atoms with van der Waals surface area (Å²) >= 11 is 0. The second kappa shape index (κ2) is 5.15. The molecule has 4 heteroatoms. The summed E-state index contributed by atoms with van der Waals surface area (Å²) in [6.45, 7) is 7.41. The molecule has 0 bridgehead atoms. The van der Waals surface area contributed by atoms with Crippen LogP contribution in [0.5, 0.6) is 0 Å². The standard InChI is InChI=1S/C12H22N2O2/c1-9(2)12(15)14-5-3-10(7-14)13-11-4-6-16-8-11/h9-11,13H,3-8H2,1-2H3. The lowest BCUT2D eigenvalue weighted by atomic mass is 10.2. The van der Waals surface area contributed by atoms with Gasteiger partial charge >= 0.3 is 0 Å². The topological polar surface area (TPSA) is 41.6 Å². The molecule has 0 aromatic rings. The lowest BCUT2D eigenvalue weighted by Gasteiger charge is -2.20. The van der Waals surface area contributed by atoms with Crippen LogP contribution in [-0.4, -0.2) is 49.2 Å². The van der Waals surface area contributed by atoms with Crippen molar-refractivity contribution in [3.8, 4) is 0 Å². The highest BCUT2D eigenvalue weighted by Crippen LogP contribution is 2.15. The molecule has 2 unspecified atom stereocenters. The fourth-order valence-electron chi connectivity index (χ4n) is 2.46. The summed E-state index contributed by atoms with van der Waals surface area (Å²) in [6.07, 6.45) is 2.18. The molecule has 4 nitrogen and oxygen atoms in total. The van der Waals surface area contributed by atoms with Crippen LogP contribution in [0.3, 0.4) is 0 Å². The summed E-state index contributed by atoms with van der Waals surface area (Å²) in [5, 5.41) is 3.58. The minimum Gasteiger partial charge on any atom is -0.380 e. The zero-order valence-corrected chi connectivity index (χ0v) is 10.2. The molecule has 2 atom stereocenters. The van der Waals surface area contributed by atoms with Gasteiger partial charge in [-0.1, -0.05) is 13.8 Å². The Kier molecular flexibility index (Phi) is 3.82. The number of ether oxygens (including phenoxy) is 1. The highest BCUT2D eigenvalue weighted by molar-refractivity contribution is 5.78. The van der Waals surface area contributed by atoms with E-state index < -0.39 is 0 Å². The van der Waals surface area contributed by atoms with Gasteiger partial charge < -0.3 is 15.0 Å². The Morgan fingerprint density at radius 1 is 1.38 bits per heavy atom. The first kappa shape index (κ1) is 11.9. The minimum atomic E-state index is 0.119. The Balaban J connectivity index is 1.76. The largest absolute Gasteiger partial charge is 0.380 e. The smallest absolute Gasteiger partial charge is 0.225 e. The molecule has 0 aromatic carbocycles. The van der Waals surface area contributed by atoms with Gasteiger partial charge in [-0.25, -0.2) is 0 Å². The third kappa shape index (κ3) is 2.74. The van der Waals surface area contributed by atoms with E-state index in [0.717, 1.165) is 39.1 Å². The van der Waals surface area contributed by atoms with Gasteiger partial charge in [-0.05, 0) is 12.8 Å². The summed E-state index contributed by atoms with van der Waals surface area (Å²) in [4.78, 5) is 13.8. The van der Waals surface area contributed by atoms with Crippen LogP contribution in [0.1, 0.15) is 26.7 Å². The van der Waals surface area contributed by atoms with E-state index in [1.54, 1.807) is 0 Å². The summed E-state index contributed by atoms with van der Waals surface area (Å²) < 4.78 is 5.34. The van der Waals surface area contributed by atoms with Crippen LogP contribution in [0.4, 0.5) is 0 Å². The Bertz CT molecular complexity index is 249. The first-order valence-corrected chi connectivity index (χ1v) is 6.29. The average molecular weight is 226 g/mol. The molecule has 1 amide bonds. The van der Waals surface area contributed by atoms with Crippen molar-refractivity contribution in [1.82, 2.24) is 10.2 Å². The molecule has 2 aliphatic heterocycles. The summed E-state index contributed by atoms with van der Waals surface area (Å²) in [5.41, 5.74) is 0. The summed E-state index contributed by atoms with van der Waals surface area (Å²) in [5.74, 6) is 0.403.